The zero-order valence-electron chi connectivity index (χ0n) is 16.3. The smallest absolute Gasteiger partial charge is 0.497 e. The largest absolute Gasteiger partial charge is 0.593 e. The molecule has 0 amide bonds. The lowest BCUT2D eigenvalue weighted by Crippen LogP contribution is -2.41. The molecule has 1 saturated carbocycles. The topological polar surface area (TPSA) is 53.5 Å². The summed E-state index contributed by atoms with van der Waals surface area (Å²) in [6.45, 7) is 9.98. The molecule has 0 radical (unpaired) electrons. The highest BCUT2D eigenvalue weighted by atomic mass is 32.2. The van der Waals surface area contributed by atoms with Crippen LogP contribution in [0.2, 0.25) is 0 Å². The summed E-state index contributed by atoms with van der Waals surface area (Å²) in [5.74, 6) is 0.284. The fourth-order valence-electron chi connectivity index (χ4n) is 3.38. The number of halogens is 1. The molecule has 1 unspecified atom stereocenters. The number of rotatable bonds is 4. The Hall–Kier alpha value is -0.595. The molecule has 0 aromatic heterocycles. The molecule has 1 aliphatic carbocycles. The summed E-state index contributed by atoms with van der Waals surface area (Å²) in [5, 5.41) is 0. The van der Waals surface area contributed by atoms with Gasteiger partial charge < -0.3 is 13.9 Å². The van der Waals surface area contributed by atoms with Crippen molar-refractivity contribution in [3.8, 4) is 0 Å². The van der Waals surface area contributed by atoms with Crippen molar-refractivity contribution >= 4 is 23.9 Å². The van der Waals surface area contributed by atoms with Crippen molar-refractivity contribution in [1.82, 2.24) is 4.72 Å². The third-order valence-electron chi connectivity index (χ3n) is 5.98. The molecular weight excluding hydrogens is 352 g/mol. The molecule has 3 rings (SSSR count). The average Bonchev–Trinajstić information content (AvgIpc) is 2.77. The molecule has 0 bridgehead atoms. The van der Waals surface area contributed by atoms with Gasteiger partial charge in [-0.15, -0.1) is 4.72 Å². The fourth-order valence-corrected chi connectivity index (χ4v) is 4.46. The first kappa shape index (κ1) is 20.1. The Morgan fingerprint density at radius 3 is 2.23 bits per heavy atom. The van der Waals surface area contributed by atoms with E-state index >= 15 is 0 Å². The van der Waals surface area contributed by atoms with Crippen LogP contribution < -0.4 is 10.2 Å². The monoisotopic (exact) mass is 381 g/mol. The van der Waals surface area contributed by atoms with Crippen LogP contribution in [-0.4, -0.2) is 28.9 Å². The van der Waals surface area contributed by atoms with Crippen molar-refractivity contribution in [2.24, 2.45) is 5.92 Å². The normalized spacial score (nSPS) is 29.0. The minimum absolute atomic E-state index is 0.234. The summed E-state index contributed by atoms with van der Waals surface area (Å²) in [6.07, 6.45) is 4.32. The van der Waals surface area contributed by atoms with E-state index in [1.807, 2.05) is 27.7 Å². The Kier molecular flexibility index (Phi) is 5.76. The van der Waals surface area contributed by atoms with Gasteiger partial charge in [0, 0.05) is 11.5 Å². The molecule has 2 fully saturated rings. The van der Waals surface area contributed by atoms with Crippen molar-refractivity contribution in [3.63, 3.8) is 0 Å². The van der Waals surface area contributed by atoms with Gasteiger partial charge in [-0.2, -0.15) is 0 Å². The predicted octanol–water partition coefficient (Wildman–Crippen LogP) is 3.32. The van der Waals surface area contributed by atoms with E-state index in [9.17, 15) is 8.94 Å². The molecule has 7 heteroatoms. The number of benzene rings is 1. The van der Waals surface area contributed by atoms with Crippen LogP contribution in [-0.2, 0) is 20.7 Å². The van der Waals surface area contributed by atoms with Crippen LogP contribution in [0.25, 0.3) is 0 Å². The van der Waals surface area contributed by atoms with Crippen molar-refractivity contribution in [1.29, 1.82) is 0 Å². The Morgan fingerprint density at radius 1 is 1.12 bits per heavy atom. The Morgan fingerprint density at radius 2 is 1.69 bits per heavy atom. The third kappa shape index (κ3) is 4.12. The maximum Gasteiger partial charge on any atom is 0.497 e. The molecular formula is C19H29BFNO3S. The summed E-state index contributed by atoms with van der Waals surface area (Å²) >= 11 is -1.41. The highest BCUT2D eigenvalue weighted by Crippen LogP contribution is 2.36. The van der Waals surface area contributed by atoms with Gasteiger partial charge in [-0.3, -0.25) is 0 Å². The first-order valence-corrected chi connectivity index (χ1v) is 10.6. The summed E-state index contributed by atoms with van der Waals surface area (Å²) in [4.78, 5) is 0.446. The SMILES string of the molecule is CC1CCC(N[S+]([O-])c2ccc(B3OC(C)(C)C(C)(C)O3)c(F)c2)CC1. The zero-order chi connectivity index (χ0) is 19.1. The predicted molar refractivity (Wildman–Crippen MR) is 103 cm³/mol. The number of nitrogens with one attached hydrogen (secondary N) is 1. The minimum atomic E-state index is -1.41. The fraction of sp³-hybridized carbons (Fsp3) is 0.684. The van der Waals surface area contributed by atoms with Crippen LogP contribution in [0.1, 0.15) is 60.3 Å². The molecule has 1 aliphatic heterocycles. The first-order valence-electron chi connectivity index (χ1n) is 9.42. The number of hydrogen-bond donors (Lipinski definition) is 1. The summed E-state index contributed by atoms with van der Waals surface area (Å²) in [5.41, 5.74) is -0.702. The zero-order valence-corrected chi connectivity index (χ0v) is 17.1. The van der Waals surface area contributed by atoms with Crippen molar-refractivity contribution in [2.75, 3.05) is 0 Å². The second kappa shape index (κ2) is 7.43. The van der Waals surface area contributed by atoms with Crippen molar-refractivity contribution < 1.29 is 18.3 Å². The van der Waals surface area contributed by atoms with Gasteiger partial charge in [0.2, 0.25) is 0 Å². The average molecular weight is 381 g/mol. The van der Waals surface area contributed by atoms with Gasteiger partial charge >= 0.3 is 7.12 Å². The lowest BCUT2D eigenvalue weighted by molar-refractivity contribution is 0.00578. The van der Waals surface area contributed by atoms with Crippen LogP contribution in [0.15, 0.2) is 23.1 Å². The Balaban J connectivity index is 1.68. The molecule has 2 aliphatic rings. The van der Waals surface area contributed by atoms with Gasteiger partial charge in [0.1, 0.15) is 5.82 Å². The first-order chi connectivity index (χ1) is 12.1. The third-order valence-corrected chi connectivity index (χ3v) is 7.21. The molecule has 1 N–H and O–H groups in total. The number of hydrogen-bond acceptors (Lipinski definition) is 4. The highest BCUT2D eigenvalue weighted by molar-refractivity contribution is 7.89. The lowest BCUT2D eigenvalue weighted by atomic mass is 9.79. The van der Waals surface area contributed by atoms with Gasteiger partial charge in [0.25, 0.3) is 0 Å². The Bertz CT molecular complexity index is 634. The van der Waals surface area contributed by atoms with E-state index in [0.29, 0.717) is 10.4 Å². The molecule has 1 aromatic rings. The lowest BCUT2D eigenvalue weighted by Gasteiger charge is -2.32. The van der Waals surface area contributed by atoms with E-state index in [1.165, 1.54) is 6.07 Å². The molecule has 1 atom stereocenters. The molecule has 1 aromatic carbocycles. The van der Waals surface area contributed by atoms with Crippen LogP contribution in [0, 0.1) is 11.7 Å². The van der Waals surface area contributed by atoms with Gasteiger partial charge in [-0.05, 0) is 65.4 Å². The van der Waals surface area contributed by atoms with E-state index in [2.05, 4.69) is 11.6 Å². The maximum atomic E-state index is 14.7. The summed E-state index contributed by atoms with van der Waals surface area (Å²) in [7, 11) is -0.754. The molecule has 1 saturated heterocycles. The molecule has 0 spiro atoms. The standard InChI is InChI=1S/C19H29BFNO3S/c1-13-6-8-14(9-7-13)22-26(23)15-10-11-16(17(21)12-15)20-24-18(2,3)19(4,5)25-20/h10-14,22H,6-9H2,1-5H3. The summed E-state index contributed by atoms with van der Waals surface area (Å²) < 4.78 is 42.2. The van der Waals surface area contributed by atoms with Gasteiger partial charge in [0.15, 0.2) is 4.90 Å². The van der Waals surface area contributed by atoms with Crippen LogP contribution >= 0.6 is 0 Å². The van der Waals surface area contributed by atoms with Gasteiger partial charge in [-0.1, -0.05) is 13.0 Å². The van der Waals surface area contributed by atoms with Gasteiger partial charge in [0.05, 0.1) is 28.6 Å². The van der Waals surface area contributed by atoms with Crippen molar-refractivity contribution in [3.05, 3.63) is 24.0 Å². The second-order valence-electron chi connectivity index (χ2n) is 8.61. The maximum absolute atomic E-state index is 14.7. The molecule has 4 nitrogen and oxygen atoms in total. The van der Waals surface area contributed by atoms with Gasteiger partial charge in [-0.25, -0.2) is 4.39 Å². The van der Waals surface area contributed by atoms with E-state index in [-0.39, 0.29) is 6.04 Å². The minimum Gasteiger partial charge on any atom is -0.593 e. The van der Waals surface area contributed by atoms with E-state index in [1.54, 1.807) is 12.1 Å². The quantitative estimate of drug-likeness (QED) is 0.642. The highest BCUT2D eigenvalue weighted by Gasteiger charge is 2.52. The summed E-state index contributed by atoms with van der Waals surface area (Å²) in [6, 6.07) is 4.88. The van der Waals surface area contributed by atoms with Crippen LogP contribution in [0.5, 0.6) is 0 Å². The van der Waals surface area contributed by atoms with Crippen LogP contribution in [0.3, 0.4) is 0 Å². The van der Waals surface area contributed by atoms with E-state index in [0.717, 1.165) is 31.6 Å². The second-order valence-corrected chi connectivity index (χ2v) is 9.86. The van der Waals surface area contributed by atoms with E-state index < -0.39 is 35.5 Å². The van der Waals surface area contributed by atoms with Crippen molar-refractivity contribution in [2.45, 2.75) is 82.4 Å². The Labute approximate surface area is 159 Å². The molecule has 144 valence electrons. The molecule has 1 heterocycles. The van der Waals surface area contributed by atoms with Crippen LogP contribution in [0.4, 0.5) is 4.39 Å². The van der Waals surface area contributed by atoms with E-state index in [4.69, 9.17) is 9.31 Å². The molecule has 26 heavy (non-hydrogen) atoms.